The number of nitrogens with one attached hydrogen (secondary N) is 2. The van der Waals surface area contributed by atoms with Gasteiger partial charge in [-0.05, 0) is 99.1 Å². The van der Waals surface area contributed by atoms with Crippen molar-refractivity contribution in [3.63, 3.8) is 0 Å². The van der Waals surface area contributed by atoms with Crippen molar-refractivity contribution in [1.29, 1.82) is 0 Å². The monoisotopic (exact) mass is 694 g/mol. The molecule has 4 N–H and O–H groups in total. The number of unbranched alkanes of at least 4 members (excludes halogenated alkanes) is 2. The number of carbonyl (C=O) groups excluding carboxylic acids is 2. The molecule has 0 aliphatic carbocycles. The SMILES string of the molecule is O=C(c1cccc(OCCCCCNCC(O)c2ccc(O)c3[nH]c(=O)ccc23)c1)N1CC(C(=O)O[C@H]2CN3CCC2CC3)(c2ccccc2)C1. The second kappa shape index (κ2) is 15.3. The van der Waals surface area contributed by atoms with Gasteiger partial charge in [0.15, 0.2) is 0 Å². The lowest BCUT2D eigenvalue weighted by molar-refractivity contribution is -0.171. The molecule has 4 aliphatic heterocycles. The van der Waals surface area contributed by atoms with Gasteiger partial charge in [0, 0.05) is 43.2 Å². The Morgan fingerprint density at radius 2 is 1.76 bits per heavy atom. The number of aliphatic hydroxyl groups is 1. The van der Waals surface area contributed by atoms with Crippen LogP contribution in [0.1, 0.15) is 59.7 Å². The van der Waals surface area contributed by atoms with Gasteiger partial charge in [0.1, 0.15) is 23.0 Å². The van der Waals surface area contributed by atoms with Crippen LogP contribution in [0.2, 0.25) is 0 Å². The van der Waals surface area contributed by atoms with Crippen LogP contribution in [0.25, 0.3) is 10.9 Å². The number of hydrogen-bond donors (Lipinski definition) is 4. The number of phenols is 1. The average molecular weight is 695 g/mol. The second-order valence-electron chi connectivity index (χ2n) is 14.1. The smallest absolute Gasteiger partial charge is 0.320 e. The number of fused-ring (bicyclic) bond motifs is 4. The summed E-state index contributed by atoms with van der Waals surface area (Å²) in [5, 5.41) is 24.7. The third-order valence-corrected chi connectivity index (χ3v) is 10.7. The zero-order valence-corrected chi connectivity index (χ0v) is 28.8. The number of phenolic OH excluding ortho intramolecular Hbond substituents is 1. The van der Waals surface area contributed by atoms with E-state index >= 15 is 0 Å². The van der Waals surface area contributed by atoms with Crippen LogP contribution in [0.15, 0.2) is 83.7 Å². The number of aromatic hydroxyl groups is 1. The Labute approximate surface area is 297 Å². The molecule has 1 unspecified atom stereocenters. The van der Waals surface area contributed by atoms with Gasteiger partial charge in [-0.2, -0.15) is 0 Å². The van der Waals surface area contributed by atoms with Gasteiger partial charge in [0.25, 0.3) is 5.91 Å². The van der Waals surface area contributed by atoms with E-state index in [1.165, 1.54) is 12.1 Å². The van der Waals surface area contributed by atoms with Gasteiger partial charge < -0.3 is 34.9 Å². The van der Waals surface area contributed by atoms with Crippen LogP contribution in [0.3, 0.4) is 0 Å². The molecule has 4 saturated heterocycles. The normalized spacial score (nSPS) is 21.2. The largest absolute Gasteiger partial charge is 0.506 e. The molecule has 11 nitrogen and oxygen atoms in total. The minimum atomic E-state index is -0.870. The lowest BCUT2D eigenvalue weighted by Gasteiger charge is -2.50. The maximum Gasteiger partial charge on any atom is 0.320 e. The highest BCUT2D eigenvalue weighted by atomic mass is 16.5. The molecule has 4 aliphatic rings. The first kappa shape index (κ1) is 34.7. The highest BCUT2D eigenvalue weighted by Gasteiger charge is 2.55. The number of esters is 1. The molecule has 4 aromatic rings. The number of amides is 1. The summed E-state index contributed by atoms with van der Waals surface area (Å²) in [4.78, 5) is 45.8. The zero-order valence-electron chi connectivity index (χ0n) is 28.8. The number of piperidine rings is 3. The van der Waals surface area contributed by atoms with E-state index in [0.29, 0.717) is 53.4 Å². The highest BCUT2D eigenvalue weighted by Crippen LogP contribution is 2.39. The summed E-state index contributed by atoms with van der Waals surface area (Å²) in [5.74, 6) is 0.638. The lowest BCUT2D eigenvalue weighted by atomic mass is 9.73. The first-order valence-corrected chi connectivity index (χ1v) is 18.1. The quantitative estimate of drug-likeness (QED) is 0.113. The number of carbonyl (C=O) groups is 2. The Morgan fingerprint density at radius 1 is 0.961 bits per heavy atom. The van der Waals surface area contributed by atoms with Gasteiger partial charge in [-0.3, -0.25) is 19.3 Å². The second-order valence-corrected chi connectivity index (χ2v) is 14.1. The lowest BCUT2D eigenvalue weighted by Crippen LogP contribution is -2.66. The van der Waals surface area contributed by atoms with E-state index in [4.69, 9.17) is 9.47 Å². The number of aromatic amines is 1. The number of aliphatic hydroxyl groups excluding tert-OH is 1. The zero-order chi connectivity index (χ0) is 35.4. The van der Waals surface area contributed by atoms with E-state index < -0.39 is 11.5 Å². The molecule has 5 heterocycles. The molecule has 0 spiro atoms. The first-order valence-electron chi connectivity index (χ1n) is 18.1. The van der Waals surface area contributed by atoms with E-state index in [9.17, 15) is 24.6 Å². The molecule has 11 heteroatoms. The predicted molar refractivity (Wildman–Crippen MR) is 193 cm³/mol. The van der Waals surface area contributed by atoms with Crippen molar-refractivity contribution in [3.8, 4) is 11.5 Å². The van der Waals surface area contributed by atoms with Gasteiger partial charge in [0.2, 0.25) is 5.56 Å². The third-order valence-electron chi connectivity index (χ3n) is 10.7. The molecule has 51 heavy (non-hydrogen) atoms. The summed E-state index contributed by atoms with van der Waals surface area (Å²) in [5.41, 5.74) is 1.17. The van der Waals surface area contributed by atoms with Crippen molar-refractivity contribution in [2.75, 3.05) is 52.4 Å². The fraction of sp³-hybridized carbons (Fsp3) is 0.425. The van der Waals surface area contributed by atoms with E-state index in [0.717, 1.165) is 57.3 Å². The van der Waals surface area contributed by atoms with Crippen LogP contribution in [-0.2, 0) is 14.9 Å². The van der Waals surface area contributed by atoms with E-state index in [1.54, 1.807) is 29.2 Å². The summed E-state index contributed by atoms with van der Waals surface area (Å²) in [6.07, 6.45) is 3.87. The Kier molecular flexibility index (Phi) is 10.4. The van der Waals surface area contributed by atoms with Crippen LogP contribution in [-0.4, -0.2) is 95.4 Å². The summed E-state index contributed by atoms with van der Waals surface area (Å²) >= 11 is 0. The maximum atomic E-state index is 13.8. The molecule has 4 fully saturated rings. The number of rotatable bonds is 14. The van der Waals surface area contributed by atoms with Gasteiger partial charge >= 0.3 is 5.97 Å². The molecular weight excluding hydrogens is 648 g/mol. The maximum absolute atomic E-state index is 13.8. The van der Waals surface area contributed by atoms with Crippen molar-refractivity contribution in [1.82, 2.24) is 20.1 Å². The van der Waals surface area contributed by atoms with E-state index in [2.05, 4.69) is 15.2 Å². The number of benzene rings is 3. The minimum absolute atomic E-state index is 0.0355. The number of hydrogen-bond acceptors (Lipinski definition) is 9. The Balaban J connectivity index is 0.857. The summed E-state index contributed by atoms with van der Waals surface area (Å²) in [7, 11) is 0. The Hall–Kier alpha value is -4.71. The molecule has 0 radical (unpaired) electrons. The standard InChI is InChI=1S/C40H46N4O7/c45-33-14-12-31(32-13-15-36(47)42-37(32)33)34(46)23-41-18-5-2-6-21-50-30-11-7-8-28(22-30)38(48)44-25-40(26-44,29-9-3-1-4-10-29)39(49)51-35-24-43-19-16-27(35)17-20-43/h1,3-4,7-15,22,27,34-35,41,45-46H,2,5-6,16-21,23-26H2,(H,42,47)/t34?,35-/m0/s1. The Morgan fingerprint density at radius 3 is 2.53 bits per heavy atom. The van der Waals surface area contributed by atoms with Crippen molar-refractivity contribution in [3.05, 3.63) is 106 Å². The molecule has 1 aromatic heterocycles. The van der Waals surface area contributed by atoms with Crippen LogP contribution < -0.4 is 15.6 Å². The van der Waals surface area contributed by atoms with E-state index in [1.807, 2.05) is 42.5 Å². The number of H-pyrrole nitrogens is 1. The fourth-order valence-corrected chi connectivity index (χ4v) is 7.75. The van der Waals surface area contributed by atoms with Crippen molar-refractivity contribution in [2.24, 2.45) is 5.92 Å². The number of nitrogens with zero attached hydrogens (tertiary/aromatic N) is 2. The first-order chi connectivity index (χ1) is 24.8. The molecule has 2 atom stereocenters. The minimum Gasteiger partial charge on any atom is -0.506 e. The summed E-state index contributed by atoms with van der Waals surface area (Å²) < 4.78 is 12.2. The summed E-state index contributed by atoms with van der Waals surface area (Å²) in [6, 6.07) is 23.0. The Bertz CT molecular complexity index is 1900. The third kappa shape index (κ3) is 7.51. The molecule has 2 bridgehead atoms. The predicted octanol–water partition coefficient (Wildman–Crippen LogP) is 4.14. The van der Waals surface area contributed by atoms with Crippen LogP contribution in [0.5, 0.6) is 11.5 Å². The molecule has 8 rings (SSSR count). The summed E-state index contributed by atoms with van der Waals surface area (Å²) in [6.45, 7) is 5.04. The van der Waals surface area contributed by atoms with E-state index in [-0.39, 0.29) is 42.4 Å². The van der Waals surface area contributed by atoms with Gasteiger partial charge in [-0.1, -0.05) is 42.5 Å². The van der Waals surface area contributed by atoms with Crippen molar-refractivity contribution < 1.29 is 29.3 Å². The van der Waals surface area contributed by atoms with Gasteiger partial charge in [-0.15, -0.1) is 0 Å². The van der Waals surface area contributed by atoms with Crippen LogP contribution in [0, 0.1) is 5.92 Å². The average Bonchev–Trinajstić information content (AvgIpc) is 3.13. The number of ether oxygens (including phenoxy) is 2. The van der Waals surface area contributed by atoms with Crippen molar-refractivity contribution >= 4 is 22.8 Å². The number of aromatic nitrogens is 1. The van der Waals surface area contributed by atoms with Crippen molar-refractivity contribution in [2.45, 2.75) is 49.7 Å². The molecular formula is C40H46N4O7. The van der Waals surface area contributed by atoms with Gasteiger partial charge in [-0.25, -0.2) is 0 Å². The molecule has 1 amide bonds. The molecule has 268 valence electrons. The fourth-order valence-electron chi connectivity index (χ4n) is 7.75. The number of pyridine rings is 1. The highest BCUT2D eigenvalue weighted by molar-refractivity contribution is 5.98. The molecule has 0 saturated carbocycles. The van der Waals surface area contributed by atoms with Gasteiger partial charge in [0.05, 0.1) is 18.2 Å². The van der Waals surface area contributed by atoms with Crippen LogP contribution >= 0.6 is 0 Å². The topological polar surface area (TPSA) is 144 Å². The molecule has 3 aromatic carbocycles. The number of likely N-dealkylation sites (tertiary alicyclic amines) is 1. The van der Waals surface area contributed by atoms with Crippen LogP contribution in [0.4, 0.5) is 0 Å².